The molecule has 0 aromatic carbocycles. The van der Waals surface area contributed by atoms with Gasteiger partial charge in [-0.05, 0) is 33.1 Å². The van der Waals surface area contributed by atoms with Crippen molar-refractivity contribution in [3.05, 3.63) is 12.0 Å². The first-order valence-corrected chi connectivity index (χ1v) is 9.68. The van der Waals surface area contributed by atoms with E-state index in [-0.39, 0.29) is 11.1 Å². The first-order valence-electron chi connectivity index (χ1n) is 7.12. The third-order valence-electron chi connectivity index (χ3n) is 3.88. The molecule has 2 rings (SSSR count). The highest BCUT2D eigenvalue weighted by Gasteiger charge is 2.34. The highest BCUT2D eigenvalue weighted by Crippen LogP contribution is 2.27. The van der Waals surface area contributed by atoms with E-state index in [1.807, 2.05) is 18.4 Å². The Bertz CT molecular complexity index is 554. The first kappa shape index (κ1) is 16.0. The van der Waals surface area contributed by atoms with E-state index in [9.17, 15) is 8.42 Å². The van der Waals surface area contributed by atoms with Crippen molar-refractivity contribution in [2.75, 3.05) is 11.9 Å². The van der Waals surface area contributed by atoms with E-state index in [0.717, 1.165) is 43.4 Å². The molecule has 1 aromatic rings. The molecule has 0 radical (unpaired) electrons. The number of hydrogen-bond acceptors (Lipinski definition) is 3. The maximum absolute atomic E-state index is 12.8. The third-order valence-corrected chi connectivity index (χ3v) is 6.16. The van der Waals surface area contributed by atoms with Crippen LogP contribution in [0.2, 0.25) is 0 Å². The van der Waals surface area contributed by atoms with Crippen molar-refractivity contribution in [1.82, 2.24) is 13.9 Å². The number of halogens is 1. The molecule has 0 saturated carbocycles. The zero-order chi connectivity index (χ0) is 14.8. The lowest BCUT2D eigenvalue weighted by atomic mass is 10.0. The van der Waals surface area contributed by atoms with Crippen LogP contribution in [0.25, 0.3) is 0 Å². The van der Waals surface area contributed by atoms with Crippen LogP contribution >= 0.6 is 15.9 Å². The summed E-state index contributed by atoms with van der Waals surface area (Å²) in [7, 11) is -3.46. The highest BCUT2D eigenvalue weighted by molar-refractivity contribution is 9.09. The fourth-order valence-corrected chi connectivity index (χ4v) is 5.00. The summed E-state index contributed by atoms with van der Waals surface area (Å²) in [4.78, 5) is 4.24. The Hall–Kier alpha value is -0.400. The molecule has 1 unspecified atom stereocenters. The summed E-state index contributed by atoms with van der Waals surface area (Å²) in [6.45, 7) is 5.17. The SMILES string of the molecule is CCn1cc(S(=O)(=O)N2CCCCC2CCBr)nc1C. The highest BCUT2D eigenvalue weighted by atomic mass is 79.9. The fourth-order valence-electron chi connectivity index (χ4n) is 2.75. The molecule has 7 heteroatoms. The van der Waals surface area contributed by atoms with Gasteiger partial charge in [0.1, 0.15) is 5.82 Å². The Morgan fingerprint density at radius 3 is 2.80 bits per heavy atom. The number of hydrogen-bond donors (Lipinski definition) is 0. The molecule has 0 spiro atoms. The lowest BCUT2D eigenvalue weighted by Crippen LogP contribution is -2.43. The second-order valence-corrected chi connectivity index (χ2v) is 7.79. The smallest absolute Gasteiger partial charge is 0.262 e. The minimum Gasteiger partial charge on any atom is -0.334 e. The van der Waals surface area contributed by atoms with E-state index in [2.05, 4.69) is 20.9 Å². The van der Waals surface area contributed by atoms with Crippen LogP contribution in [0.5, 0.6) is 0 Å². The summed E-state index contributed by atoms with van der Waals surface area (Å²) < 4.78 is 29.1. The van der Waals surface area contributed by atoms with Crippen molar-refractivity contribution >= 4 is 26.0 Å². The lowest BCUT2D eigenvalue weighted by Gasteiger charge is -2.33. The molecule has 114 valence electrons. The van der Waals surface area contributed by atoms with E-state index in [0.29, 0.717) is 6.54 Å². The number of piperidine rings is 1. The van der Waals surface area contributed by atoms with Crippen LogP contribution in [0.1, 0.15) is 38.4 Å². The molecule has 2 heterocycles. The topological polar surface area (TPSA) is 55.2 Å². The van der Waals surface area contributed by atoms with Gasteiger partial charge in [0.05, 0.1) is 0 Å². The second-order valence-electron chi connectivity index (χ2n) is 5.16. The minimum atomic E-state index is -3.46. The van der Waals surface area contributed by atoms with Gasteiger partial charge < -0.3 is 4.57 Å². The van der Waals surface area contributed by atoms with Gasteiger partial charge in [0.15, 0.2) is 5.03 Å². The van der Waals surface area contributed by atoms with Gasteiger partial charge in [-0.1, -0.05) is 22.4 Å². The molecular formula is C13H22BrN3O2S. The largest absolute Gasteiger partial charge is 0.334 e. The van der Waals surface area contributed by atoms with Crippen LogP contribution in [-0.2, 0) is 16.6 Å². The van der Waals surface area contributed by atoms with E-state index in [1.54, 1.807) is 10.5 Å². The van der Waals surface area contributed by atoms with Crippen LogP contribution in [0.15, 0.2) is 11.2 Å². The monoisotopic (exact) mass is 363 g/mol. The number of aryl methyl sites for hydroxylation is 2. The zero-order valence-corrected chi connectivity index (χ0v) is 14.5. The van der Waals surface area contributed by atoms with Crippen LogP contribution in [0, 0.1) is 6.92 Å². The molecule has 1 fully saturated rings. The first-order chi connectivity index (χ1) is 9.50. The summed E-state index contributed by atoms with van der Waals surface area (Å²) in [6, 6.07) is 0.0974. The Morgan fingerprint density at radius 1 is 1.45 bits per heavy atom. The second kappa shape index (κ2) is 6.58. The Balaban J connectivity index is 2.31. The van der Waals surface area contributed by atoms with Gasteiger partial charge in [0.2, 0.25) is 0 Å². The molecule has 20 heavy (non-hydrogen) atoms. The molecule has 5 nitrogen and oxygen atoms in total. The van der Waals surface area contributed by atoms with Crippen molar-refractivity contribution in [3.8, 4) is 0 Å². The molecule has 0 amide bonds. The van der Waals surface area contributed by atoms with E-state index in [1.165, 1.54) is 0 Å². The predicted molar refractivity (Wildman–Crippen MR) is 82.6 cm³/mol. The zero-order valence-electron chi connectivity index (χ0n) is 12.0. The van der Waals surface area contributed by atoms with E-state index in [4.69, 9.17) is 0 Å². The summed E-state index contributed by atoms with van der Waals surface area (Å²) in [6.07, 6.45) is 5.49. The Labute approximate surface area is 129 Å². The van der Waals surface area contributed by atoms with E-state index < -0.39 is 10.0 Å². The molecule has 1 aromatic heterocycles. The molecule has 1 atom stereocenters. The van der Waals surface area contributed by atoms with Gasteiger partial charge in [-0.2, -0.15) is 4.31 Å². The van der Waals surface area contributed by atoms with Crippen molar-refractivity contribution in [2.45, 2.75) is 57.1 Å². The van der Waals surface area contributed by atoms with Crippen molar-refractivity contribution < 1.29 is 8.42 Å². The number of imidazole rings is 1. The number of nitrogens with zero attached hydrogens (tertiary/aromatic N) is 3. The minimum absolute atomic E-state index is 0.0974. The molecule has 0 N–H and O–H groups in total. The van der Waals surface area contributed by atoms with Crippen LogP contribution < -0.4 is 0 Å². The van der Waals surface area contributed by atoms with E-state index >= 15 is 0 Å². The van der Waals surface area contributed by atoms with Crippen LogP contribution in [0.4, 0.5) is 0 Å². The van der Waals surface area contributed by atoms with Gasteiger partial charge >= 0.3 is 0 Å². The van der Waals surface area contributed by atoms with Crippen molar-refractivity contribution in [1.29, 1.82) is 0 Å². The Morgan fingerprint density at radius 2 is 2.20 bits per heavy atom. The lowest BCUT2D eigenvalue weighted by molar-refractivity contribution is 0.247. The van der Waals surface area contributed by atoms with Crippen molar-refractivity contribution in [3.63, 3.8) is 0 Å². The van der Waals surface area contributed by atoms with Crippen LogP contribution in [-0.4, -0.2) is 40.2 Å². The van der Waals surface area contributed by atoms with Gasteiger partial charge in [-0.15, -0.1) is 0 Å². The van der Waals surface area contributed by atoms with Gasteiger partial charge in [0, 0.05) is 30.7 Å². The summed E-state index contributed by atoms with van der Waals surface area (Å²) in [5.74, 6) is 0.750. The molecule has 0 bridgehead atoms. The summed E-state index contributed by atoms with van der Waals surface area (Å²) >= 11 is 3.42. The number of rotatable bonds is 5. The molecule has 1 aliphatic rings. The molecule has 0 aliphatic carbocycles. The fraction of sp³-hybridized carbons (Fsp3) is 0.769. The summed E-state index contributed by atoms with van der Waals surface area (Å²) in [5.41, 5.74) is 0. The quantitative estimate of drug-likeness (QED) is 0.755. The Kier molecular flexibility index (Phi) is 5.25. The maximum Gasteiger partial charge on any atom is 0.262 e. The number of alkyl halides is 1. The average molecular weight is 364 g/mol. The maximum atomic E-state index is 12.8. The van der Waals surface area contributed by atoms with Gasteiger partial charge in [-0.3, -0.25) is 0 Å². The van der Waals surface area contributed by atoms with Gasteiger partial charge in [-0.25, -0.2) is 13.4 Å². The number of aromatic nitrogens is 2. The molecular weight excluding hydrogens is 342 g/mol. The standard InChI is InChI=1S/C13H22BrN3O2S/c1-3-16-10-13(15-11(16)2)20(18,19)17-9-5-4-6-12(17)7-8-14/h10,12H,3-9H2,1-2H3. The third kappa shape index (κ3) is 3.09. The van der Waals surface area contributed by atoms with Crippen molar-refractivity contribution in [2.24, 2.45) is 0 Å². The molecule has 1 saturated heterocycles. The van der Waals surface area contributed by atoms with Gasteiger partial charge in [0.25, 0.3) is 10.0 Å². The number of sulfonamides is 1. The summed E-state index contributed by atoms with van der Waals surface area (Å²) in [5, 5.41) is 1.02. The predicted octanol–water partition coefficient (Wildman–Crippen LogP) is 2.54. The normalized spacial score (nSPS) is 21.2. The molecule has 1 aliphatic heterocycles. The average Bonchev–Trinajstić information content (AvgIpc) is 2.81. The van der Waals surface area contributed by atoms with Crippen LogP contribution in [0.3, 0.4) is 0 Å².